The monoisotopic (exact) mass is 405 g/mol. The number of carbonyl (C=O) groups is 5. The fourth-order valence-corrected chi connectivity index (χ4v) is 5.31. The van der Waals surface area contributed by atoms with Crippen LogP contribution in [0.1, 0.15) is 34.3 Å². The van der Waals surface area contributed by atoms with Crippen LogP contribution in [0.4, 0.5) is 0 Å². The molecule has 30 heavy (non-hydrogen) atoms. The number of rotatable bonds is 2. The zero-order valence-corrected chi connectivity index (χ0v) is 16.0. The SMILES string of the molecule is C#C/C=C/c1ccc(O)c2c1CC1CC3CC(=O)C(C(N)=O)C(=O)C3C(=O)C1C2=O. The summed E-state index contributed by atoms with van der Waals surface area (Å²) in [6.07, 6.45) is 8.97. The molecule has 0 radical (unpaired) electrons. The van der Waals surface area contributed by atoms with E-state index in [2.05, 4.69) is 5.92 Å². The number of amides is 1. The Morgan fingerprint density at radius 1 is 1.10 bits per heavy atom. The normalized spacial score (nSPS) is 30.4. The van der Waals surface area contributed by atoms with Gasteiger partial charge >= 0.3 is 0 Å². The second-order valence-electron chi connectivity index (χ2n) is 8.12. The maximum atomic E-state index is 13.3. The summed E-state index contributed by atoms with van der Waals surface area (Å²) in [5.74, 6) is -6.30. The summed E-state index contributed by atoms with van der Waals surface area (Å²) in [6.45, 7) is 0. The topological polar surface area (TPSA) is 132 Å². The molecule has 3 N–H and O–H groups in total. The van der Waals surface area contributed by atoms with Crippen LogP contribution >= 0.6 is 0 Å². The summed E-state index contributed by atoms with van der Waals surface area (Å²) < 4.78 is 0. The minimum Gasteiger partial charge on any atom is -0.507 e. The third-order valence-electron chi connectivity index (χ3n) is 6.50. The summed E-state index contributed by atoms with van der Waals surface area (Å²) in [4.78, 5) is 63.1. The van der Waals surface area contributed by atoms with Gasteiger partial charge in [-0.1, -0.05) is 12.0 Å². The van der Waals surface area contributed by atoms with E-state index in [4.69, 9.17) is 12.2 Å². The van der Waals surface area contributed by atoms with Gasteiger partial charge in [-0.3, -0.25) is 24.0 Å². The third kappa shape index (κ3) is 2.79. The highest BCUT2D eigenvalue weighted by Gasteiger charge is 2.57. The summed E-state index contributed by atoms with van der Waals surface area (Å²) >= 11 is 0. The standard InChI is InChI=1S/C23H19NO6/c1-2-3-4-10-5-6-14(25)18-13(10)8-11-7-12-9-15(26)19(23(24)30)22(29)17(12)20(27)16(11)21(18)28/h1,3-6,11-12,16-17,19,25H,7-9H2,(H2,24,30)/b4-3+. The third-order valence-corrected chi connectivity index (χ3v) is 6.50. The van der Waals surface area contributed by atoms with Crippen molar-refractivity contribution in [1.29, 1.82) is 0 Å². The fraction of sp³-hybridized carbons (Fsp3) is 0.348. The van der Waals surface area contributed by atoms with Crippen molar-refractivity contribution in [2.45, 2.75) is 19.3 Å². The number of ketones is 4. The van der Waals surface area contributed by atoms with Gasteiger partial charge in [-0.15, -0.1) is 6.42 Å². The van der Waals surface area contributed by atoms with Crippen molar-refractivity contribution in [2.75, 3.05) is 0 Å². The van der Waals surface area contributed by atoms with Crippen LogP contribution in [0.2, 0.25) is 0 Å². The van der Waals surface area contributed by atoms with E-state index >= 15 is 0 Å². The van der Waals surface area contributed by atoms with Gasteiger partial charge in [-0.2, -0.15) is 0 Å². The quantitative estimate of drug-likeness (QED) is 0.554. The largest absolute Gasteiger partial charge is 0.507 e. The van der Waals surface area contributed by atoms with Gasteiger partial charge in [0.05, 0.1) is 17.4 Å². The lowest BCUT2D eigenvalue weighted by molar-refractivity contribution is -0.152. The lowest BCUT2D eigenvalue weighted by atomic mass is 9.56. The molecule has 1 aromatic carbocycles. The number of phenols is 1. The maximum absolute atomic E-state index is 13.3. The number of hydrogen-bond acceptors (Lipinski definition) is 6. The maximum Gasteiger partial charge on any atom is 0.235 e. The Labute approximate surface area is 172 Å². The molecule has 2 saturated carbocycles. The minimum atomic E-state index is -1.63. The Hall–Kier alpha value is -3.53. The van der Waals surface area contributed by atoms with Gasteiger partial charge in [0.1, 0.15) is 5.75 Å². The molecule has 4 rings (SSSR count). The smallest absolute Gasteiger partial charge is 0.235 e. The molecule has 2 fully saturated rings. The molecule has 3 aliphatic rings. The van der Waals surface area contributed by atoms with Crippen LogP contribution < -0.4 is 5.73 Å². The number of fused-ring (bicyclic) bond motifs is 3. The second kappa shape index (κ2) is 7.06. The van der Waals surface area contributed by atoms with Gasteiger partial charge in [0, 0.05) is 6.42 Å². The second-order valence-corrected chi connectivity index (χ2v) is 8.12. The number of hydrogen-bond donors (Lipinski definition) is 2. The van der Waals surface area contributed by atoms with Gasteiger partial charge in [0.25, 0.3) is 0 Å². The number of terminal acetylenes is 1. The first-order chi connectivity index (χ1) is 14.3. The fourth-order valence-electron chi connectivity index (χ4n) is 5.31. The molecule has 0 spiro atoms. The van der Waals surface area contributed by atoms with E-state index in [1.165, 1.54) is 12.1 Å². The van der Waals surface area contributed by atoms with E-state index in [0.717, 1.165) is 0 Å². The highest BCUT2D eigenvalue weighted by atomic mass is 16.3. The highest BCUT2D eigenvalue weighted by molar-refractivity contribution is 6.27. The Morgan fingerprint density at radius 3 is 2.47 bits per heavy atom. The van der Waals surface area contributed by atoms with Gasteiger partial charge < -0.3 is 10.8 Å². The van der Waals surface area contributed by atoms with E-state index in [1.54, 1.807) is 12.1 Å². The molecule has 0 heterocycles. The van der Waals surface area contributed by atoms with E-state index in [9.17, 15) is 29.1 Å². The number of benzene rings is 1. The number of phenolic OH excluding ortho intramolecular Hbond substituents is 1. The Morgan fingerprint density at radius 2 is 1.80 bits per heavy atom. The molecule has 5 atom stereocenters. The molecule has 152 valence electrons. The van der Waals surface area contributed by atoms with Crippen LogP contribution in [0.25, 0.3) is 6.08 Å². The molecule has 0 saturated heterocycles. The predicted molar refractivity (Wildman–Crippen MR) is 105 cm³/mol. The van der Waals surface area contributed by atoms with E-state index in [1.807, 2.05) is 0 Å². The van der Waals surface area contributed by atoms with Crippen molar-refractivity contribution in [3.63, 3.8) is 0 Å². The number of nitrogens with two attached hydrogens (primary N) is 1. The molecule has 0 aromatic heterocycles. The van der Waals surface area contributed by atoms with Crippen LogP contribution in [-0.4, -0.2) is 34.1 Å². The molecule has 7 heteroatoms. The van der Waals surface area contributed by atoms with Crippen molar-refractivity contribution in [2.24, 2.45) is 35.3 Å². The van der Waals surface area contributed by atoms with Gasteiger partial charge in [-0.25, -0.2) is 0 Å². The molecule has 0 bridgehead atoms. The Bertz CT molecular complexity index is 1090. The van der Waals surface area contributed by atoms with Crippen LogP contribution in [0, 0.1) is 41.9 Å². The zero-order valence-electron chi connectivity index (χ0n) is 16.0. The van der Waals surface area contributed by atoms with Crippen LogP contribution in [-0.2, 0) is 25.6 Å². The van der Waals surface area contributed by atoms with E-state index < -0.39 is 58.6 Å². The first-order valence-corrected chi connectivity index (χ1v) is 9.67. The lowest BCUT2D eigenvalue weighted by Gasteiger charge is -2.44. The molecule has 5 unspecified atom stereocenters. The molecule has 7 nitrogen and oxygen atoms in total. The number of carbonyl (C=O) groups excluding carboxylic acids is 5. The first-order valence-electron chi connectivity index (χ1n) is 9.67. The molecular formula is C23H19NO6. The van der Waals surface area contributed by atoms with Crippen molar-refractivity contribution in [3.05, 3.63) is 34.9 Å². The van der Waals surface area contributed by atoms with Crippen LogP contribution in [0.3, 0.4) is 0 Å². The Balaban J connectivity index is 1.77. The van der Waals surface area contributed by atoms with Crippen LogP contribution in [0.15, 0.2) is 18.2 Å². The minimum absolute atomic E-state index is 0.0630. The summed E-state index contributed by atoms with van der Waals surface area (Å²) in [5, 5.41) is 10.3. The molecule has 0 aliphatic heterocycles. The van der Waals surface area contributed by atoms with E-state index in [-0.39, 0.29) is 17.7 Å². The average molecular weight is 405 g/mol. The molecule has 1 amide bonds. The number of allylic oxidation sites excluding steroid dienone is 1. The van der Waals surface area contributed by atoms with Gasteiger partial charge in [0.2, 0.25) is 5.91 Å². The first kappa shape index (κ1) is 19.8. The van der Waals surface area contributed by atoms with E-state index in [0.29, 0.717) is 24.0 Å². The summed E-state index contributed by atoms with van der Waals surface area (Å²) in [5.41, 5.74) is 6.54. The number of Topliss-reactive ketones (excluding diaryl/α,β-unsaturated/α-hetero) is 4. The summed E-state index contributed by atoms with van der Waals surface area (Å²) in [7, 11) is 0. The van der Waals surface area contributed by atoms with Crippen molar-refractivity contribution < 1.29 is 29.1 Å². The number of primary amides is 1. The molecular weight excluding hydrogens is 386 g/mol. The van der Waals surface area contributed by atoms with Gasteiger partial charge in [-0.05, 0) is 54.0 Å². The molecule has 1 aromatic rings. The predicted octanol–water partition coefficient (Wildman–Crippen LogP) is 0.858. The molecule has 3 aliphatic carbocycles. The highest BCUT2D eigenvalue weighted by Crippen LogP contribution is 2.48. The zero-order chi connectivity index (χ0) is 21.7. The number of aromatic hydroxyl groups is 1. The van der Waals surface area contributed by atoms with Crippen LogP contribution in [0.5, 0.6) is 5.75 Å². The van der Waals surface area contributed by atoms with Crippen molar-refractivity contribution >= 4 is 35.1 Å². The van der Waals surface area contributed by atoms with Crippen molar-refractivity contribution in [1.82, 2.24) is 0 Å². The Kier molecular flexibility index (Phi) is 4.65. The van der Waals surface area contributed by atoms with Crippen molar-refractivity contribution in [3.8, 4) is 18.1 Å². The summed E-state index contributed by atoms with van der Waals surface area (Å²) in [6, 6.07) is 3.02. The average Bonchev–Trinajstić information content (AvgIpc) is 2.66. The lowest BCUT2D eigenvalue weighted by Crippen LogP contribution is -2.56. The van der Waals surface area contributed by atoms with Gasteiger partial charge in [0.15, 0.2) is 29.1 Å².